The maximum absolute atomic E-state index is 12.7. The lowest BCUT2D eigenvalue weighted by Crippen LogP contribution is -2.33. The lowest BCUT2D eigenvalue weighted by atomic mass is 9.99. The van der Waals surface area contributed by atoms with Gasteiger partial charge in [-0.3, -0.25) is 4.79 Å². The van der Waals surface area contributed by atoms with Gasteiger partial charge in [0, 0.05) is 12.0 Å². The van der Waals surface area contributed by atoms with E-state index < -0.39 is 36.1 Å². The van der Waals surface area contributed by atoms with Gasteiger partial charge in [0.25, 0.3) is 0 Å². The Morgan fingerprint density at radius 2 is 1.06 bits per heavy atom. The molecule has 0 fully saturated rings. The number of ether oxygens (including phenoxy) is 4. The fourth-order valence-electron chi connectivity index (χ4n) is 4.57. The predicted octanol–water partition coefficient (Wildman–Crippen LogP) is 7.94. The van der Waals surface area contributed by atoms with Crippen LogP contribution >= 0.6 is 0 Å². The highest BCUT2D eigenvalue weighted by atomic mass is 16.6. The maximum Gasteiger partial charge on any atom is 0.348 e. The van der Waals surface area contributed by atoms with Crippen molar-refractivity contribution in [3.05, 3.63) is 89.5 Å². The number of rotatable bonds is 18. The first-order chi connectivity index (χ1) is 22.6. The summed E-state index contributed by atoms with van der Waals surface area (Å²) in [5, 5.41) is 0. The minimum Gasteiger partial charge on any atom is -0.463 e. The van der Waals surface area contributed by atoms with Gasteiger partial charge in [0.1, 0.15) is 5.75 Å². The number of ketones is 1. The summed E-state index contributed by atoms with van der Waals surface area (Å²) >= 11 is 0. The van der Waals surface area contributed by atoms with Crippen molar-refractivity contribution in [2.75, 3.05) is 6.61 Å². The molecule has 9 heteroatoms. The van der Waals surface area contributed by atoms with Crippen molar-refractivity contribution < 1.29 is 42.9 Å². The second-order valence-corrected chi connectivity index (χ2v) is 11.3. The number of Topliss-reactive ketones (excluding diaryl/α,β-unsaturated/α-hetero) is 1. The Morgan fingerprint density at radius 1 is 0.553 bits per heavy atom. The van der Waals surface area contributed by atoms with E-state index in [4.69, 9.17) is 18.9 Å². The number of unbranched alkanes of at least 4 members (excludes halogenated alkanes) is 5. The first-order valence-electron chi connectivity index (χ1n) is 16.3. The van der Waals surface area contributed by atoms with Crippen LogP contribution in [0.1, 0.15) is 110 Å². The Hall–Kier alpha value is -4.79. The molecule has 3 aromatic rings. The summed E-state index contributed by atoms with van der Waals surface area (Å²) in [6.07, 6.45) is 5.02. The molecule has 47 heavy (non-hydrogen) atoms. The lowest BCUT2D eigenvalue weighted by Gasteiger charge is -2.16. The van der Waals surface area contributed by atoms with Gasteiger partial charge >= 0.3 is 23.9 Å². The third-order valence-corrected chi connectivity index (χ3v) is 7.45. The molecule has 0 N–H and O–H groups in total. The number of hydrogen-bond donors (Lipinski definition) is 0. The van der Waals surface area contributed by atoms with Crippen LogP contribution < -0.4 is 4.74 Å². The van der Waals surface area contributed by atoms with Gasteiger partial charge in [0.2, 0.25) is 0 Å². The molecule has 0 bridgehead atoms. The standard InChI is InChI=1S/C38H44O9/c1-5-7-9-10-12-34(39)30-17-13-28(14-18-30)29-15-19-31(20-16-29)38(43)47-33-23-21-32(22-24-33)37(42)46-27(4)36(41)45-26(3)35(40)44-25-11-8-6-2/h13-24,26-27H,5-12,25H2,1-4H3. The smallest absolute Gasteiger partial charge is 0.348 e. The van der Waals surface area contributed by atoms with Crippen LogP contribution in [-0.2, 0) is 23.8 Å². The van der Waals surface area contributed by atoms with Gasteiger partial charge in [0.05, 0.1) is 17.7 Å². The van der Waals surface area contributed by atoms with E-state index in [1.807, 2.05) is 31.2 Å². The quantitative estimate of drug-likeness (QED) is 0.0446. The molecule has 0 radical (unpaired) electrons. The van der Waals surface area contributed by atoms with E-state index in [2.05, 4.69) is 6.92 Å². The van der Waals surface area contributed by atoms with Crippen LogP contribution in [0.15, 0.2) is 72.8 Å². The van der Waals surface area contributed by atoms with E-state index in [9.17, 15) is 24.0 Å². The Balaban J connectivity index is 1.48. The fraction of sp³-hybridized carbons (Fsp3) is 0.395. The molecule has 2 unspecified atom stereocenters. The number of hydrogen-bond acceptors (Lipinski definition) is 9. The van der Waals surface area contributed by atoms with E-state index in [1.54, 1.807) is 24.3 Å². The summed E-state index contributed by atoms with van der Waals surface area (Å²) < 4.78 is 20.8. The second-order valence-electron chi connectivity index (χ2n) is 11.3. The minimum atomic E-state index is -1.26. The molecule has 0 saturated carbocycles. The van der Waals surface area contributed by atoms with Gasteiger partial charge in [-0.25, -0.2) is 19.2 Å². The summed E-state index contributed by atoms with van der Waals surface area (Å²) in [7, 11) is 0. The lowest BCUT2D eigenvalue weighted by molar-refractivity contribution is -0.171. The molecule has 0 saturated heterocycles. The van der Waals surface area contributed by atoms with Crippen molar-refractivity contribution in [1.82, 2.24) is 0 Å². The zero-order valence-corrected chi connectivity index (χ0v) is 27.6. The van der Waals surface area contributed by atoms with Crippen molar-refractivity contribution in [1.29, 1.82) is 0 Å². The van der Waals surface area contributed by atoms with Gasteiger partial charge in [-0.1, -0.05) is 82.3 Å². The normalized spacial score (nSPS) is 12.0. The molecule has 0 aliphatic heterocycles. The van der Waals surface area contributed by atoms with Gasteiger partial charge in [-0.2, -0.15) is 0 Å². The Bertz CT molecular complexity index is 1480. The summed E-state index contributed by atoms with van der Waals surface area (Å²) in [6.45, 7) is 7.15. The zero-order valence-electron chi connectivity index (χ0n) is 27.6. The maximum atomic E-state index is 12.7. The molecule has 0 aromatic heterocycles. The number of carbonyl (C=O) groups excluding carboxylic acids is 5. The van der Waals surface area contributed by atoms with Gasteiger partial charge in [0.15, 0.2) is 18.0 Å². The van der Waals surface area contributed by atoms with Crippen LogP contribution in [-0.4, -0.2) is 48.5 Å². The molecule has 3 rings (SSSR count). The SMILES string of the molecule is CCCCCCC(=O)c1ccc(-c2ccc(C(=O)Oc3ccc(C(=O)OC(C)C(=O)OC(C)C(=O)OCCCCC)cc3)cc2)cc1. The van der Waals surface area contributed by atoms with Crippen LogP contribution in [0.5, 0.6) is 5.75 Å². The van der Waals surface area contributed by atoms with Crippen LogP contribution in [0, 0.1) is 0 Å². The monoisotopic (exact) mass is 644 g/mol. The molecular formula is C38H44O9. The summed E-state index contributed by atoms with van der Waals surface area (Å²) in [4.78, 5) is 62.0. The highest BCUT2D eigenvalue weighted by molar-refractivity contribution is 5.96. The van der Waals surface area contributed by atoms with Crippen molar-refractivity contribution in [3.63, 3.8) is 0 Å². The fourth-order valence-corrected chi connectivity index (χ4v) is 4.57. The predicted molar refractivity (Wildman–Crippen MR) is 177 cm³/mol. The van der Waals surface area contributed by atoms with E-state index in [-0.39, 0.29) is 23.7 Å². The zero-order chi connectivity index (χ0) is 34.2. The van der Waals surface area contributed by atoms with Crippen molar-refractivity contribution in [3.8, 4) is 16.9 Å². The average molecular weight is 645 g/mol. The second kappa shape index (κ2) is 19.0. The molecule has 3 aromatic carbocycles. The van der Waals surface area contributed by atoms with E-state index in [0.717, 1.165) is 56.1 Å². The molecule has 0 heterocycles. The summed E-state index contributed by atoms with van der Waals surface area (Å²) in [6, 6.07) is 20.1. The number of carbonyl (C=O) groups is 5. The number of esters is 4. The first kappa shape index (κ1) is 36.7. The van der Waals surface area contributed by atoms with Crippen molar-refractivity contribution in [2.24, 2.45) is 0 Å². The van der Waals surface area contributed by atoms with E-state index in [0.29, 0.717) is 17.5 Å². The van der Waals surface area contributed by atoms with E-state index >= 15 is 0 Å². The Morgan fingerprint density at radius 3 is 1.66 bits per heavy atom. The Kier molecular flexibility index (Phi) is 14.8. The first-order valence-corrected chi connectivity index (χ1v) is 16.3. The highest BCUT2D eigenvalue weighted by Crippen LogP contribution is 2.23. The largest absolute Gasteiger partial charge is 0.463 e. The van der Waals surface area contributed by atoms with Gasteiger partial charge < -0.3 is 18.9 Å². The molecule has 0 amide bonds. The van der Waals surface area contributed by atoms with E-state index in [1.165, 1.54) is 38.1 Å². The van der Waals surface area contributed by atoms with Gasteiger partial charge in [-0.05, 0) is 74.2 Å². The van der Waals surface area contributed by atoms with Crippen LogP contribution in [0.25, 0.3) is 11.1 Å². The highest BCUT2D eigenvalue weighted by Gasteiger charge is 2.26. The topological polar surface area (TPSA) is 122 Å². The molecule has 2 atom stereocenters. The third-order valence-electron chi connectivity index (χ3n) is 7.45. The molecule has 9 nitrogen and oxygen atoms in total. The molecular weight excluding hydrogens is 600 g/mol. The molecule has 0 aliphatic carbocycles. The summed E-state index contributed by atoms with van der Waals surface area (Å²) in [5.74, 6) is -2.56. The number of benzene rings is 3. The summed E-state index contributed by atoms with van der Waals surface area (Å²) in [5.41, 5.74) is 2.97. The van der Waals surface area contributed by atoms with Gasteiger partial charge in [-0.15, -0.1) is 0 Å². The van der Waals surface area contributed by atoms with Crippen LogP contribution in [0.2, 0.25) is 0 Å². The Labute approximate surface area is 276 Å². The molecule has 0 aliphatic rings. The third kappa shape index (κ3) is 11.8. The van der Waals surface area contributed by atoms with Crippen LogP contribution in [0.3, 0.4) is 0 Å². The van der Waals surface area contributed by atoms with Crippen LogP contribution in [0.4, 0.5) is 0 Å². The molecule has 0 spiro atoms. The average Bonchev–Trinajstić information content (AvgIpc) is 3.08. The van der Waals surface area contributed by atoms with Crippen molar-refractivity contribution >= 4 is 29.7 Å². The molecule has 250 valence electrons. The minimum absolute atomic E-state index is 0.126. The van der Waals surface area contributed by atoms with Crippen molar-refractivity contribution in [2.45, 2.75) is 91.3 Å².